The van der Waals surface area contributed by atoms with Crippen LogP contribution in [-0.2, 0) is 18.3 Å². The fraction of sp³-hybridized carbons (Fsp3) is 0.667. The van der Waals surface area contributed by atoms with Crippen molar-refractivity contribution < 1.29 is 38.3 Å². The molecule has 2 radical (unpaired) electrons. The lowest BCUT2D eigenvalue weighted by molar-refractivity contribution is -0.0605. The Balaban J connectivity index is 2.01. The summed E-state index contributed by atoms with van der Waals surface area (Å²) in [5.74, 6) is -1.18. The number of aliphatic hydroxyl groups excluding tert-OH is 2. The lowest BCUT2D eigenvalue weighted by Gasteiger charge is -2.23. The quantitative estimate of drug-likeness (QED) is 0.413. The Labute approximate surface area is 143 Å². The van der Waals surface area contributed by atoms with Gasteiger partial charge in [-0.1, -0.05) is 0 Å². The van der Waals surface area contributed by atoms with Crippen molar-refractivity contribution in [3.05, 3.63) is 19.1 Å². The van der Waals surface area contributed by atoms with Gasteiger partial charge >= 0.3 is 7.82 Å². The van der Waals surface area contributed by atoms with Gasteiger partial charge in [0.25, 0.3) is 5.91 Å². The van der Waals surface area contributed by atoms with E-state index in [-0.39, 0.29) is 5.82 Å². The monoisotopic (exact) mass is 378 g/mol. The number of nitrogens with two attached hydrogens (primary N) is 1. The number of hydrogen-bond donors (Lipinski definition) is 4. The molecule has 0 saturated carbocycles. The zero-order valence-electron chi connectivity index (χ0n) is 13.4. The maximum Gasteiger partial charge on any atom is 0.472 e. The van der Waals surface area contributed by atoms with Crippen LogP contribution < -0.4 is 5.73 Å². The third kappa shape index (κ3) is 5.05. The van der Waals surface area contributed by atoms with E-state index in [1.807, 2.05) is 0 Å². The van der Waals surface area contributed by atoms with Gasteiger partial charge in [0.1, 0.15) is 24.6 Å². The number of carbonyl (C=O) groups excluding carboxylic acids is 1. The Morgan fingerprint density at radius 3 is 2.68 bits per heavy atom. The van der Waals surface area contributed by atoms with E-state index in [1.54, 1.807) is 0 Å². The van der Waals surface area contributed by atoms with Crippen LogP contribution in [0.1, 0.15) is 30.7 Å². The van der Waals surface area contributed by atoms with Gasteiger partial charge in [0.15, 0.2) is 6.23 Å². The van der Waals surface area contributed by atoms with Crippen molar-refractivity contribution in [1.82, 2.24) is 14.8 Å². The molecule has 1 fully saturated rings. The second-order valence-electron chi connectivity index (χ2n) is 5.92. The summed E-state index contributed by atoms with van der Waals surface area (Å²) in [6, 6.07) is 0. The molecular formula is C12H19N4O8P. The third-order valence-corrected chi connectivity index (χ3v) is 4.26. The number of hydrogen-bond acceptors (Lipinski definition) is 9. The normalized spacial score (nSPS) is 29.5. The first kappa shape index (κ1) is 19.9. The van der Waals surface area contributed by atoms with Crippen molar-refractivity contribution in [3.63, 3.8) is 0 Å². The van der Waals surface area contributed by atoms with E-state index in [9.17, 15) is 24.5 Å². The van der Waals surface area contributed by atoms with Gasteiger partial charge in [0.2, 0.25) is 5.82 Å². The van der Waals surface area contributed by atoms with Gasteiger partial charge in [-0.25, -0.2) is 14.2 Å². The molecule has 2 unspecified atom stereocenters. The molecule has 12 nitrogen and oxygen atoms in total. The lowest BCUT2D eigenvalue weighted by Crippen LogP contribution is -2.34. The van der Waals surface area contributed by atoms with Crippen LogP contribution in [0.2, 0.25) is 0 Å². The molecule has 0 spiro atoms. The van der Waals surface area contributed by atoms with E-state index in [0.717, 1.165) is 11.0 Å². The predicted octanol–water partition coefficient (Wildman–Crippen LogP) is -1.38. The molecule has 140 valence electrons. The Morgan fingerprint density at radius 2 is 2.16 bits per heavy atom. The summed E-state index contributed by atoms with van der Waals surface area (Å²) in [5.41, 5.74) is 3.60. The van der Waals surface area contributed by atoms with Gasteiger partial charge in [0, 0.05) is 0 Å². The second-order valence-corrected chi connectivity index (χ2v) is 7.30. The van der Waals surface area contributed by atoms with Crippen LogP contribution in [-0.4, -0.2) is 66.3 Å². The number of phosphoric ester groups is 1. The highest BCUT2D eigenvalue weighted by molar-refractivity contribution is 7.47. The molecule has 1 aliphatic rings. The molecule has 5 atom stereocenters. The van der Waals surface area contributed by atoms with Crippen LogP contribution in [0.25, 0.3) is 0 Å². The van der Waals surface area contributed by atoms with Crippen LogP contribution in [0.5, 0.6) is 0 Å². The number of rotatable bonds is 7. The molecule has 1 aliphatic heterocycles. The van der Waals surface area contributed by atoms with E-state index in [2.05, 4.69) is 14.6 Å². The molecule has 1 aromatic rings. The van der Waals surface area contributed by atoms with Crippen molar-refractivity contribution >= 4 is 13.7 Å². The number of carbonyl (C=O) groups is 1. The molecule has 0 bridgehead atoms. The summed E-state index contributed by atoms with van der Waals surface area (Å²) >= 11 is 0. The first-order valence-corrected chi connectivity index (χ1v) is 8.59. The minimum absolute atomic E-state index is 0.302. The molecule has 0 aromatic carbocycles. The average Bonchev–Trinajstić information content (AvgIpc) is 3.02. The topological polar surface area (TPSA) is 179 Å². The van der Waals surface area contributed by atoms with Crippen molar-refractivity contribution in [2.75, 3.05) is 6.61 Å². The minimum atomic E-state index is -4.51. The molecule has 25 heavy (non-hydrogen) atoms. The molecule has 2 rings (SSSR count). The first-order chi connectivity index (χ1) is 11.4. The second kappa shape index (κ2) is 7.08. The van der Waals surface area contributed by atoms with Gasteiger partial charge in [-0.15, -0.1) is 5.10 Å². The van der Waals surface area contributed by atoms with E-state index in [4.69, 9.17) is 21.9 Å². The van der Waals surface area contributed by atoms with E-state index < -0.39 is 50.5 Å². The molecule has 13 heteroatoms. The summed E-state index contributed by atoms with van der Waals surface area (Å²) in [6.45, 7) is 7.59. The Bertz CT molecular complexity index is 674. The molecule has 1 aromatic heterocycles. The van der Waals surface area contributed by atoms with E-state index in [1.165, 1.54) is 13.8 Å². The summed E-state index contributed by atoms with van der Waals surface area (Å²) in [4.78, 5) is 24.2. The number of nitrogens with zero attached hydrogens (tertiary/aromatic N) is 3. The Kier molecular flexibility index (Phi) is 5.64. The smallest absolute Gasteiger partial charge is 0.387 e. The zero-order valence-corrected chi connectivity index (χ0v) is 14.3. The Hall–Kier alpha value is -1.40. The van der Waals surface area contributed by atoms with Gasteiger partial charge in [0.05, 0.1) is 12.2 Å². The summed E-state index contributed by atoms with van der Waals surface area (Å²) in [5, 5.41) is 23.7. The van der Waals surface area contributed by atoms with Gasteiger partial charge in [-0.3, -0.25) is 13.8 Å². The van der Waals surface area contributed by atoms with Crippen LogP contribution in [0.3, 0.4) is 0 Å². The van der Waals surface area contributed by atoms with Crippen molar-refractivity contribution in [2.24, 2.45) is 5.73 Å². The number of ether oxygens (including phenoxy) is 1. The molecule has 1 amide bonds. The van der Waals surface area contributed by atoms with Crippen LogP contribution in [0.15, 0.2) is 6.33 Å². The number of amides is 1. The highest BCUT2D eigenvalue weighted by atomic mass is 31.2. The van der Waals surface area contributed by atoms with E-state index >= 15 is 0 Å². The van der Waals surface area contributed by atoms with Gasteiger partial charge in [-0.2, -0.15) is 0 Å². The zero-order chi connectivity index (χ0) is 19.0. The van der Waals surface area contributed by atoms with Crippen LogP contribution in [0, 0.1) is 6.92 Å². The largest absolute Gasteiger partial charge is 0.472 e. The molecular weight excluding hydrogens is 359 g/mol. The fourth-order valence-corrected chi connectivity index (χ4v) is 3.07. The maximum absolute atomic E-state index is 11.8. The van der Waals surface area contributed by atoms with E-state index in [0.29, 0.717) is 0 Å². The molecule has 2 heterocycles. The molecule has 5 N–H and O–H groups in total. The van der Waals surface area contributed by atoms with Crippen molar-refractivity contribution in [1.29, 1.82) is 0 Å². The standard InChI is InChI=1S/C12H19N4O8P/c1-12(2,3)24-25(20,21)22-4-6-7(17)8(18)11(23-6)16-5-14-10(15-16)9(13)19/h1,5-8,11,17-18H,4H2,2-3H3,(H2,13,19)(H,20,21)/t6-,7+,8?,11-/m1/s1. The van der Waals surface area contributed by atoms with Crippen LogP contribution >= 0.6 is 7.82 Å². The number of aliphatic hydroxyl groups is 2. The van der Waals surface area contributed by atoms with Crippen molar-refractivity contribution in [3.8, 4) is 0 Å². The number of primary amides is 1. The highest BCUT2D eigenvalue weighted by Gasteiger charge is 2.45. The van der Waals surface area contributed by atoms with Crippen LogP contribution in [0.4, 0.5) is 0 Å². The maximum atomic E-state index is 11.8. The summed E-state index contributed by atoms with van der Waals surface area (Å²) in [7, 11) is -4.51. The highest BCUT2D eigenvalue weighted by Crippen LogP contribution is 2.47. The third-order valence-electron chi connectivity index (χ3n) is 3.08. The van der Waals surface area contributed by atoms with Gasteiger partial charge < -0.3 is 25.6 Å². The fourth-order valence-electron chi connectivity index (χ4n) is 2.09. The SMILES string of the molecule is [CH]C(C)(C)OP(=O)(O)OC[C@H]1O[C@@H](n2cnc(C(N)=O)n2)C(O)[C@H]1O. The van der Waals surface area contributed by atoms with Crippen molar-refractivity contribution in [2.45, 2.75) is 44.0 Å². The Morgan fingerprint density at radius 1 is 1.52 bits per heavy atom. The molecule has 1 saturated heterocycles. The average molecular weight is 378 g/mol. The summed E-state index contributed by atoms with van der Waals surface area (Å²) < 4.78 is 27.5. The lowest BCUT2D eigenvalue weighted by atomic mass is 10.1. The number of phosphoric acid groups is 1. The minimum Gasteiger partial charge on any atom is -0.387 e. The first-order valence-electron chi connectivity index (χ1n) is 7.09. The predicted molar refractivity (Wildman–Crippen MR) is 79.7 cm³/mol. The van der Waals surface area contributed by atoms with Gasteiger partial charge in [-0.05, 0) is 20.8 Å². The molecule has 0 aliphatic carbocycles. The number of aromatic nitrogens is 3. The summed E-state index contributed by atoms with van der Waals surface area (Å²) in [6.07, 6.45) is -4.21.